The SMILES string of the molecule is CN(CC(F)F)S(=O)(=O)NC(=O)c1cnc2ccc(N3C[C@@H](F)C[C@@H]3c3cc(F)ccc3OC3CCOCC3)cn12. The van der Waals surface area contributed by atoms with Crippen LogP contribution in [0.2, 0.25) is 0 Å². The molecule has 10 nitrogen and oxygen atoms in total. The minimum atomic E-state index is -4.55. The molecule has 2 fully saturated rings. The molecule has 222 valence electrons. The lowest BCUT2D eigenvalue weighted by Gasteiger charge is -2.30. The van der Waals surface area contributed by atoms with E-state index >= 15 is 0 Å². The highest BCUT2D eigenvalue weighted by Crippen LogP contribution is 2.42. The van der Waals surface area contributed by atoms with Gasteiger partial charge in [-0.1, -0.05) is 0 Å². The van der Waals surface area contributed by atoms with Gasteiger partial charge in [0.1, 0.15) is 35.2 Å². The van der Waals surface area contributed by atoms with Gasteiger partial charge in [0.05, 0.1) is 37.7 Å². The topological polar surface area (TPSA) is 105 Å². The van der Waals surface area contributed by atoms with E-state index in [9.17, 15) is 30.8 Å². The van der Waals surface area contributed by atoms with Crippen molar-refractivity contribution in [2.45, 2.75) is 44.0 Å². The number of pyridine rings is 1. The van der Waals surface area contributed by atoms with Gasteiger partial charge >= 0.3 is 10.2 Å². The van der Waals surface area contributed by atoms with E-state index in [4.69, 9.17) is 9.47 Å². The maximum absolute atomic E-state index is 14.9. The van der Waals surface area contributed by atoms with Crippen LogP contribution in [0.15, 0.2) is 42.7 Å². The van der Waals surface area contributed by atoms with Crippen molar-refractivity contribution in [3.8, 4) is 5.75 Å². The zero-order valence-electron chi connectivity index (χ0n) is 22.1. The molecule has 1 aromatic carbocycles. The van der Waals surface area contributed by atoms with Crippen molar-refractivity contribution in [1.29, 1.82) is 0 Å². The molecule has 0 saturated carbocycles. The Bertz CT molecular complexity index is 1520. The predicted octanol–water partition coefficient (Wildman–Crippen LogP) is 3.49. The summed E-state index contributed by atoms with van der Waals surface area (Å²) in [5.41, 5.74) is 1.05. The smallest absolute Gasteiger partial charge is 0.304 e. The molecule has 3 aromatic rings. The normalized spacial score (nSPS) is 20.3. The van der Waals surface area contributed by atoms with Gasteiger partial charge in [-0.15, -0.1) is 0 Å². The lowest BCUT2D eigenvalue weighted by molar-refractivity contribution is 0.0250. The summed E-state index contributed by atoms with van der Waals surface area (Å²) in [4.78, 5) is 18.7. The summed E-state index contributed by atoms with van der Waals surface area (Å²) in [6, 6.07) is 6.80. The Morgan fingerprint density at radius 1 is 1.24 bits per heavy atom. The highest BCUT2D eigenvalue weighted by atomic mass is 32.2. The third kappa shape index (κ3) is 6.41. The summed E-state index contributed by atoms with van der Waals surface area (Å²) in [6.45, 7) is -0.0186. The first kappa shape index (κ1) is 29.1. The van der Waals surface area contributed by atoms with E-state index < -0.39 is 47.1 Å². The largest absolute Gasteiger partial charge is 0.490 e. The number of alkyl halides is 3. The minimum absolute atomic E-state index is 0.0214. The molecule has 2 aromatic heterocycles. The quantitative estimate of drug-likeness (QED) is 0.376. The Morgan fingerprint density at radius 3 is 2.73 bits per heavy atom. The second-order valence-corrected chi connectivity index (χ2v) is 11.8. The van der Waals surface area contributed by atoms with Gasteiger partial charge in [0.25, 0.3) is 12.3 Å². The summed E-state index contributed by atoms with van der Waals surface area (Å²) in [7, 11) is -3.63. The van der Waals surface area contributed by atoms with Gasteiger partial charge in [-0.05, 0) is 30.3 Å². The molecule has 0 unspecified atom stereocenters. The van der Waals surface area contributed by atoms with Crippen molar-refractivity contribution in [3.05, 3.63) is 59.8 Å². The zero-order chi connectivity index (χ0) is 29.3. The molecule has 2 aliphatic heterocycles. The third-order valence-corrected chi connectivity index (χ3v) is 8.54. The Hall–Kier alpha value is -3.43. The second-order valence-electron chi connectivity index (χ2n) is 9.98. The number of aromatic nitrogens is 2. The Labute approximate surface area is 234 Å². The van der Waals surface area contributed by atoms with E-state index in [-0.39, 0.29) is 24.8 Å². The average molecular weight is 600 g/mol. The highest BCUT2D eigenvalue weighted by Gasteiger charge is 2.36. The van der Waals surface area contributed by atoms with Gasteiger partial charge in [-0.25, -0.2) is 27.3 Å². The number of hydrogen-bond donors (Lipinski definition) is 1. The van der Waals surface area contributed by atoms with Crippen molar-refractivity contribution in [2.24, 2.45) is 0 Å². The van der Waals surface area contributed by atoms with E-state index in [1.807, 2.05) is 0 Å². The van der Waals surface area contributed by atoms with Crippen LogP contribution in [0, 0.1) is 5.82 Å². The maximum atomic E-state index is 14.9. The van der Waals surface area contributed by atoms with E-state index in [0.717, 1.165) is 13.2 Å². The molecule has 1 N–H and O–H groups in total. The average Bonchev–Trinajstić information content (AvgIpc) is 3.53. The van der Waals surface area contributed by atoms with E-state index in [1.165, 1.54) is 28.8 Å². The molecular weight excluding hydrogens is 570 g/mol. The highest BCUT2D eigenvalue weighted by molar-refractivity contribution is 7.87. The van der Waals surface area contributed by atoms with Crippen LogP contribution >= 0.6 is 0 Å². The molecule has 2 atom stereocenters. The number of imidazole rings is 1. The number of rotatable bonds is 9. The molecule has 2 aliphatic rings. The summed E-state index contributed by atoms with van der Waals surface area (Å²) in [5.74, 6) is -1.14. The molecule has 2 saturated heterocycles. The van der Waals surface area contributed by atoms with Gasteiger partial charge in [0, 0.05) is 44.6 Å². The molecule has 4 heterocycles. The minimum Gasteiger partial charge on any atom is -0.490 e. The van der Waals surface area contributed by atoms with Crippen LogP contribution < -0.4 is 14.4 Å². The lowest BCUT2D eigenvalue weighted by atomic mass is 10.0. The predicted molar refractivity (Wildman–Crippen MR) is 141 cm³/mol. The monoisotopic (exact) mass is 599 g/mol. The third-order valence-electron chi connectivity index (χ3n) is 7.12. The fraction of sp³-hybridized carbons (Fsp3) is 0.462. The molecule has 41 heavy (non-hydrogen) atoms. The maximum Gasteiger partial charge on any atom is 0.304 e. The number of hydrogen-bond acceptors (Lipinski definition) is 7. The van der Waals surface area contributed by atoms with E-state index in [0.29, 0.717) is 53.0 Å². The summed E-state index contributed by atoms with van der Waals surface area (Å²) in [6.07, 6.45) is -0.242. The number of nitrogens with one attached hydrogen (secondary N) is 1. The molecule has 15 heteroatoms. The Balaban J connectivity index is 1.44. The van der Waals surface area contributed by atoms with E-state index in [1.54, 1.807) is 21.8 Å². The summed E-state index contributed by atoms with van der Waals surface area (Å²) in [5, 5.41) is 0. The number of fused-ring (bicyclic) bond motifs is 1. The molecule has 0 bridgehead atoms. The van der Waals surface area contributed by atoms with Crippen molar-refractivity contribution >= 4 is 27.5 Å². The number of amides is 1. The fourth-order valence-corrected chi connectivity index (χ4v) is 5.88. The standard InChI is InChI=1S/C26H29F4N5O5S/c1-33(15-24(29)30)41(37,38)32-26(36)22-12-31-25-5-3-18(14-35(22)25)34-13-17(28)11-21(34)20-10-16(27)2-4-23(20)40-19-6-8-39-9-7-19/h2-5,10,12,14,17,19,21,24H,6-9,11,13,15H2,1H3,(H,32,36)/t17-,21+/m0/s1. The van der Waals surface area contributed by atoms with Gasteiger partial charge in [0.15, 0.2) is 0 Å². The summed E-state index contributed by atoms with van der Waals surface area (Å²) < 4.78 is 94.4. The Kier molecular flexibility index (Phi) is 8.38. The molecule has 0 radical (unpaired) electrons. The molecular formula is C26H29F4N5O5S. The molecule has 5 rings (SSSR count). The van der Waals surface area contributed by atoms with Crippen molar-refractivity contribution < 1.29 is 40.2 Å². The van der Waals surface area contributed by atoms with Gasteiger partial charge in [-0.2, -0.15) is 12.7 Å². The number of benzene rings is 1. The molecule has 0 spiro atoms. The van der Waals surface area contributed by atoms with Crippen LogP contribution in [0.5, 0.6) is 5.75 Å². The first-order valence-electron chi connectivity index (χ1n) is 13.0. The number of carbonyl (C=O) groups is 1. The van der Waals surface area contributed by atoms with Gasteiger partial charge < -0.3 is 14.4 Å². The van der Waals surface area contributed by atoms with Crippen LogP contribution in [0.3, 0.4) is 0 Å². The Morgan fingerprint density at radius 2 is 2.00 bits per heavy atom. The zero-order valence-corrected chi connectivity index (χ0v) is 22.9. The van der Waals surface area contributed by atoms with Crippen LogP contribution in [-0.4, -0.2) is 80.1 Å². The fourth-order valence-electron chi connectivity index (χ4n) is 5.07. The first-order chi connectivity index (χ1) is 19.5. The molecule has 1 amide bonds. The van der Waals surface area contributed by atoms with E-state index in [2.05, 4.69) is 4.98 Å². The number of anilines is 1. The second kappa shape index (κ2) is 11.8. The van der Waals surface area contributed by atoms with Crippen LogP contribution in [0.4, 0.5) is 23.2 Å². The number of carbonyl (C=O) groups excluding carboxylic acids is 1. The summed E-state index contributed by atoms with van der Waals surface area (Å²) >= 11 is 0. The lowest BCUT2D eigenvalue weighted by Crippen LogP contribution is -2.43. The van der Waals surface area contributed by atoms with Crippen LogP contribution in [0.25, 0.3) is 5.65 Å². The first-order valence-corrected chi connectivity index (χ1v) is 14.4. The van der Waals surface area contributed by atoms with Crippen molar-refractivity contribution in [3.63, 3.8) is 0 Å². The van der Waals surface area contributed by atoms with Crippen molar-refractivity contribution in [2.75, 3.05) is 38.3 Å². The number of halogens is 4. The van der Waals surface area contributed by atoms with Gasteiger partial charge in [0.2, 0.25) is 0 Å². The van der Waals surface area contributed by atoms with Crippen molar-refractivity contribution in [1.82, 2.24) is 18.4 Å². The number of ether oxygens (including phenoxy) is 2. The van der Waals surface area contributed by atoms with Crippen LogP contribution in [0.1, 0.15) is 41.4 Å². The van der Waals surface area contributed by atoms with Gasteiger partial charge in [-0.3, -0.25) is 9.20 Å². The van der Waals surface area contributed by atoms with Crippen LogP contribution in [-0.2, 0) is 14.9 Å². The molecule has 0 aliphatic carbocycles. The number of nitrogens with zero attached hydrogens (tertiary/aromatic N) is 4.